The van der Waals surface area contributed by atoms with E-state index in [1.54, 1.807) is 17.0 Å². The van der Waals surface area contributed by atoms with Crippen LogP contribution in [0.5, 0.6) is 0 Å². The highest BCUT2D eigenvalue weighted by Gasteiger charge is 2.21. The molecule has 0 bridgehead atoms. The van der Waals surface area contributed by atoms with Crippen LogP contribution in [0.25, 0.3) is 0 Å². The summed E-state index contributed by atoms with van der Waals surface area (Å²) >= 11 is 7.49. The third kappa shape index (κ3) is 4.12. The second-order valence-electron chi connectivity index (χ2n) is 5.37. The third-order valence-electron chi connectivity index (χ3n) is 3.76. The van der Waals surface area contributed by atoms with E-state index in [1.165, 1.54) is 23.9 Å². The van der Waals surface area contributed by atoms with Crippen molar-refractivity contribution in [3.05, 3.63) is 63.2 Å². The summed E-state index contributed by atoms with van der Waals surface area (Å²) < 4.78 is 5.29. The number of non-ortho nitro benzene ring substituents is 1. The molecular weight excluding hydrogens is 364 g/mol. The highest BCUT2D eigenvalue weighted by Crippen LogP contribution is 2.37. The van der Waals surface area contributed by atoms with Crippen molar-refractivity contribution in [1.82, 2.24) is 4.90 Å². The van der Waals surface area contributed by atoms with Crippen molar-refractivity contribution in [1.29, 1.82) is 0 Å². The number of benzene rings is 2. The van der Waals surface area contributed by atoms with Crippen molar-refractivity contribution in [3.63, 3.8) is 0 Å². The van der Waals surface area contributed by atoms with Gasteiger partial charge in [0.05, 0.1) is 28.7 Å². The summed E-state index contributed by atoms with van der Waals surface area (Å²) in [6, 6.07) is 11.6. The number of morpholine rings is 1. The number of halogens is 1. The molecule has 1 aliphatic heterocycles. The molecule has 2 aromatic rings. The molecule has 0 aliphatic carbocycles. The van der Waals surface area contributed by atoms with E-state index in [1.807, 2.05) is 18.2 Å². The van der Waals surface area contributed by atoms with Crippen LogP contribution in [0.1, 0.15) is 10.4 Å². The van der Waals surface area contributed by atoms with Crippen LogP contribution in [0.4, 0.5) is 5.69 Å². The number of amides is 1. The van der Waals surface area contributed by atoms with E-state index in [-0.39, 0.29) is 16.6 Å². The number of nitrogens with zero attached hydrogens (tertiary/aromatic N) is 2. The monoisotopic (exact) mass is 378 g/mol. The van der Waals surface area contributed by atoms with Crippen molar-refractivity contribution >= 4 is 35.0 Å². The quantitative estimate of drug-likeness (QED) is 0.596. The van der Waals surface area contributed by atoms with Gasteiger partial charge in [0.2, 0.25) is 0 Å². The normalized spacial score (nSPS) is 14.4. The summed E-state index contributed by atoms with van der Waals surface area (Å²) in [6.07, 6.45) is 0. The average molecular weight is 379 g/mol. The zero-order valence-corrected chi connectivity index (χ0v) is 14.8. The first-order chi connectivity index (χ1) is 12.1. The largest absolute Gasteiger partial charge is 0.378 e. The molecule has 8 heteroatoms. The fourth-order valence-electron chi connectivity index (χ4n) is 2.47. The minimum absolute atomic E-state index is 0.0514. The van der Waals surface area contributed by atoms with Gasteiger partial charge in [-0.05, 0) is 18.2 Å². The standard InChI is InChI=1S/C17H15ClN2O4S/c18-14-11-12(20(22)23)5-6-16(14)25-15-4-2-1-3-13(15)17(21)19-7-9-24-10-8-19/h1-6,11H,7-10H2. The van der Waals surface area contributed by atoms with E-state index < -0.39 is 4.92 Å². The van der Waals surface area contributed by atoms with Gasteiger partial charge >= 0.3 is 0 Å². The van der Waals surface area contributed by atoms with Crippen molar-refractivity contribution in [2.24, 2.45) is 0 Å². The second kappa shape index (κ2) is 7.86. The topological polar surface area (TPSA) is 72.7 Å². The maximum atomic E-state index is 12.8. The molecule has 3 rings (SSSR count). The Labute approximate surface area is 153 Å². The van der Waals surface area contributed by atoms with Crippen LogP contribution in [0.15, 0.2) is 52.3 Å². The fourth-order valence-corrected chi connectivity index (χ4v) is 3.71. The van der Waals surface area contributed by atoms with Gasteiger partial charge in [-0.3, -0.25) is 14.9 Å². The summed E-state index contributed by atoms with van der Waals surface area (Å²) in [5.41, 5.74) is 0.524. The molecule has 0 radical (unpaired) electrons. The van der Waals surface area contributed by atoms with Crippen LogP contribution < -0.4 is 0 Å². The minimum Gasteiger partial charge on any atom is -0.378 e. The van der Waals surface area contributed by atoms with Gasteiger partial charge in [0.25, 0.3) is 11.6 Å². The van der Waals surface area contributed by atoms with Gasteiger partial charge in [0, 0.05) is 35.0 Å². The molecule has 6 nitrogen and oxygen atoms in total. The molecule has 0 saturated carbocycles. The molecule has 2 aromatic carbocycles. The third-order valence-corrected chi connectivity index (χ3v) is 5.34. The number of nitro benzene ring substituents is 1. The van der Waals surface area contributed by atoms with E-state index >= 15 is 0 Å². The van der Waals surface area contributed by atoms with Gasteiger partial charge in [-0.25, -0.2) is 0 Å². The fraction of sp³-hybridized carbons (Fsp3) is 0.235. The predicted molar refractivity (Wildman–Crippen MR) is 95.4 cm³/mol. The van der Waals surface area contributed by atoms with Gasteiger partial charge in [-0.1, -0.05) is 35.5 Å². The van der Waals surface area contributed by atoms with Crippen LogP contribution in [0.3, 0.4) is 0 Å². The lowest BCUT2D eigenvalue weighted by Gasteiger charge is -2.27. The van der Waals surface area contributed by atoms with Gasteiger partial charge in [-0.2, -0.15) is 0 Å². The van der Waals surface area contributed by atoms with E-state index in [4.69, 9.17) is 16.3 Å². The first kappa shape index (κ1) is 17.7. The zero-order valence-electron chi connectivity index (χ0n) is 13.2. The first-order valence-electron chi connectivity index (χ1n) is 7.64. The Morgan fingerprint density at radius 1 is 1.16 bits per heavy atom. The Hall–Kier alpha value is -2.09. The van der Waals surface area contributed by atoms with Gasteiger partial charge in [0.15, 0.2) is 0 Å². The number of hydrogen-bond acceptors (Lipinski definition) is 5. The van der Waals surface area contributed by atoms with Crippen molar-refractivity contribution in [2.45, 2.75) is 9.79 Å². The number of carbonyl (C=O) groups excluding carboxylic acids is 1. The number of nitro groups is 1. The molecule has 1 amide bonds. The lowest BCUT2D eigenvalue weighted by molar-refractivity contribution is -0.384. The number of rotatable bonds is 4. The van der Waals surface area contributed by atoms with Crippen molar-refractivity contribution < 1.29 is 14.5 Å². The molecule has 0 spiro atoms. The lowest BCUT2D eigenvalue weighted by Crippen LogP contribution is -2.40. The molecule has 130 valence electrons. The number of carbonyl (C=O) groups is 1. The van der Waals surface area contributed by atoms with Crippen LogP contribution in [0.2, 0.25) is 5.02 Å². The van der Waals surface area contributed by atoms with Gasteiger partial charge < -0.3 is 9.64 Å². The molecule has 0 atom stereocenters. The van der Waals surface area contributed by atoms with Gasteiger partial charge in [0.1, 0.15) is 0 Å². The molecule has 0 N–H and O–H groups in total. The minimum atomic E-state index is -0.490. The Morgan fingerprint density at radius 3 is 2.56 bits per heavy atom. The molecule has 0 unspecified atom stereocenters. The summed E-state index contributed by atoms with van der Waals surface area (Å²) in [4.78, 5) is 26.3. The first-order valence-corrected chi connectivity index (χ1v) is 8.83. The van der Waals surface area contributed by atoms with E-state index in [9.17, 15) is 14.9 Å². The van der Waals surface area contributed by atoms with Gasteiger partial charge in [-0.15, -0.1) is 0 Å². The molecule has 1 saturated heterocycles. The second-order valence-corrected chi connectivity index (χ2v) is 6.87. The summed E-state index contributed by atoms with van der Waals surface area (Å²) in [6.45, 7) is 2.21. The number of ether oxygens (including phenoxy) is 1. The van der Waals surface area contributed by atoms with Crippen LogP contribution in [0, 0.1) is 10.1 Å². The molecule has 1 heterocycles. The highest BCUT2D eigenvalue weighted by atomic mass is 35.5. The van der Waals surface area contributed by atoms with E-state index in [0.29, 0.717) is 36.8 Å². The predicted octanol–water partition coefficient (Wildman–Crippen LogP) is 3.87. The molecular formula is C17H15ClN2O4S. The van der Waals surface area contributed by atoms with Crippen molar-refractivity contribution in [3.8, 4) is 0 Å². The maximum Gasteiger partial charge on any atom is 0.270 e. The van der Waals surface area contributed by atoms with Crippen LogP contribution in [-0.2, 0) is 4.74 Å². The van der Waals surface area contributed by atoms with E-state index in [0.717, 1.165) is 4.90 Å². The smallest absolute Gasteiger partial charge is 0.270 e. The Kier molecular flexibility index (Phi) is 5.57. The zero-order chi connectivity index (χ0) is 17.8. The Morgan fingerprint density at radius 2 is 1.88 bits per heavy atom. The van der Waals surface area contributed by atoms with Crippen LogP contribution in [-0.4, -0.2) is 42.0 Å². The summed E-state index contributed by atoms with van der Waals surface area (Å²) in [7, 11) is 0. The summed E-state index contributed by atoms with van der Waals surface area (Å²) in [5.74, 6) is -0.0514. The molecule has 25 heavy (non-hydrogen) atoms. The SMILES string of the molecule is O=C(c1ccccc1Sc1ccc([N+](=O)[O-])cc1Cl)N1CCOCC1. The average Bonchev–Trinajstić information content (AvgIpc) is 2.64. The molecule has 0 aromatic heterocycles. The summed E-state index contributed by atoms with van der Waals surface area (Å²) in [5, 5.41) is 11.1. The number of hydrogen-bond donors (Lipinski definition) is 0. The Balaban J connectivity index is 1.86. The lowest BCUT2D eigenvalue weighted by atomic mass is 10.2. The maximum absolute atomic E-state index is 12.8. The molecule has 1 aliphatic rings. The Bertz CT molecular complexity index is 809. The van der Waals surface area contributed by atoms with Crippen molar-refractivity contribution in [2.75, 3.05) is 26.3 Å². The highest BCUT2D eigenvalue weighted by molar-refractivity contribution is 7.99. The van der Waals surface area contributed by atoms with E-state index in [2.05, 4.69) is 0 Å². The van der Waals surface area contributed by atoms with Crippen LogP contribution >= 0.6 is 23.4 Å². The molecule has 1 fully saturated rings.